The van der Waals surface area contributed by atoms with Gasteiger partial charge in [-0.3, -0.25) is 4.99 Å². The highest BCUT2D eigenvalue weighted by molar-refractivity contribution is 14.1. The van der Waals surface area contributed by atoms with Gasteiger partial charge in [0.05, 0.1) is 0 Å². The summed E-state index contributed by atoms with van der Waals surface area (Å²) in [6, 6.07) is 9.20. The Morgan fingerprint density at radius 3 is 2.70 bits per heavy atom. The number of aliphatic imine (C=N–C) groups is 1. The second-order valence-corrected chi connectivity index (χ2v) is 7.48. The summed E-state index contributed by atoms with van der Waals surface area (Å²) in [5.74, 6) is 1.05. The van der Waals surface area contributed by atoms with Crippen molar-refractivity contribution in [1.29, 1.82) is 0 Å². The van der Waals surface area contributed by atoms with Crippen molar-refractivity contribution in [1.82, 2.24) is 10.6 Å². The summed E-state index contributed by atoms with van der Waals surface area (Å²) in [5, 5.41) is 7.44. The average molecular weight is 578 g/mol. The van der Waals surface area contributed by atoms with Gasteiger partial charge in [0.1, 0.15) is 0 Å². The minimum atomic E-state index is 0. The van der Waals surface area contributed by atoms with E-state index in [4.69, 9.17) is 5.73 Å². The fourth-order valence-electron chi connectivity index (χ4n) is 2.24. The molecule has 8 heteroatoms. The Morgan fingerprint density at radius 1 is 1.30 bits per heavy atom. The lowest BCUT2D eigenvalue weighted by atomic mass is 10.2. The quantitative estimate of drug-likeness (QED) is 0.135. The Labute approximate surface area is 177 Å². The summed E-state index contributed by atoms with van der Waals surface area (Å²) in [4.78, 5) is 4.44. The van der Waals surface area contributed by atoms with Gasteiger partial charge in [-0.15, -0.1) is 0 Å². The molecule has 1 aliphatic heterocycles. The van der Waals surface area contributed by atoms with Gasteiger partial charge in [0, 0.05) is 35.1 Å². The molecule has 23 heavy (non-hydrogen) atoms. The lowest BCUT2D eigenvalue weighted by molar-refractivity contribution is -0.00100. The predicted octanol–water partition coefficient (Wildman–Crippen LogP) is -3.81. The second kappa shape index (κ2) is 13.9. The van der Waals surface area contributed by atoms with E-state index in [1.54, 1.807) is 11.8 Å². The van der Waals surface area contributed by atoms with Crippen LogP contribution in [0.2, 0.25) is 0 Å². The minimum absolute atomic E-state index is 0. The minimum Gasteiger partial charge on any atom is -1.00 e. The first-order valence-electron chi connectivity index (χ1n) is 7.35. The number of thioether (sulfide) groups is 1. The number of rotatable bonds is 7. The average Bonchev–Trinajstić information content (AvgIpc) is 2.99. The molecule has 0 amide bonds. The first kappa shape index (κ1) is 23.6. The molecule has 1 aromatic rings. The third kappa shape index (κ3) is 10.3. The van der Waals surface area contributed by atoms with Gasteiger partial charge in [0.2, 0.25) is 0 Å². The third-order valence-electron chi connectivity index (χ3n) is 3.43. The molecule has 1 fully saturated rings. The highest BCUT2D eigenvalue weighted by Crippen LogP contribution is 2.09. The number of nitrogens with one attached hydrogen (secondary N) is 2. The van der Waals surface area contributed by atoms with Gasteiger partial charge >= 0.3 is 0 Å². The van der Waals surface area contributed by atoms with Crippen molar-refractivity contribution in [3.63, 3.8) is 0 Å². The van der Waals surface area contributed by atoms with E-state index in [-0.39, 0.29) is 34.0 Å². The van der Waals surface area contributed by atoms with Crippen molar-refractivity contribution >= 4 is 39.5 Å². The molecule has 0 radical (unpaired) electrons. The van der Waals surface area contributed by atoms with Gasteiger partial charge in [-0.1, -0.05) is 23.9 Å². The van der Waals surface area contributed by atoms with Gasteiger partial charge in [-0.25, -0.2) is 0 Å². The maximum atomic E-state index is 5.94. The summed E-state index contributed by atoms with van der Waals surface area (Å²) in [6.07, 6.45) is 3.34. The number of hydrogen-bond donors (Lipinski definition) is 3. The number of hydrogen-bond acceptors (Lipinski definition) is 4. The SMILES string of the molecule is NC(=NCCc1ccc(I)cc1)SCCCC1CNCN1.[Br-].[Br-]. The van der Waals surface area contributed by atoms with Crippen molar-refractivity contribution in [3.8, 4) is 0 Å². The van der Waals surface area contributed by atoms with Gasteiger partial charge in [0.25, 0.3) is 0 Å². The van der Waals surface area contributed by atoms with Gasteiger partial charge in [-0.05, 0) is 59.5 Å². The first-order chi connectivity index (χ1) is 10.2. The van der Waals surface area contributed by atoms with Crippen molar-refractivity contribution in [2.75, 3.05) is 25.5 Å². The molecule has 132 valence electrons. The summed E-state index contributed by atoms with van der Waals surface area (Å²) >= 11 is 3.99. The molecule has 4 nitrogen and oxygen atoms in total. The van der Waals surface area contributed by atoms with Crippen LogP contribution < -0.4 is 50.3 Å². The maximum Gasteiger partial charge on any atom is 0.153 e. The number of amidine groups is 1. The fourth-order valence-corrected chi connectivity index (χ4v) is 3.30. The Hall–Kier alpha value is 0.650. The molecule has 1 atom stereocenters. The smallest absolute Gasteiger partial charge is 0.153 e. The molecule has 0 aromatic heterocycles. The first-order valence-corrected chi connectivity index (χ1v) is 9.42. The number of nitrogens with two attached hydrogens (primary N) is 1. The third-order valence-corrected chi connectivity index (χ3v) is 5.07. The van der Waals surface area contributed by atoms with Gasteiger partial charge in [0.15, 0.2) is 5.17 Å². The summed E-state index contributed by atoms with van der Waals surface area (Å²) < 4.78 is 1.27. The molecule has 0 saturated carbocycles. The Morgan fingerprint density at radius 2 is 2.04 bits per heavy atom. The van der Waals surface area contributed by atoms with Crippen LogP contribution in [0.3, 0.4) is 0 Å². The van der Waals surface area contributed by atoms with Crippen molar-refractivity contribution in [2.45, 2.75) is 25.3 Å². The molecule has 1 aliphatic rings. The molecule has 1 aromatic carbocycles. The molecule has 0 spiro atoms. The van der Waals surface area contributed by atoms with E-state index >= 15 is 0 Å². The molecular weight excluding hydrogens is 555 g/mol. The summed E-state index contributed by atoms with van der Waals surface area (Å²) in [6.45, 7) is 2.80. The highest BCUT2D eigenvalue weighted by atomic mass is 127. The molecule has 2 rings (SSSR count). The Bertz CT molecular complexity index is 453. The summed E-state index contributed by atoms with van der Waals surface area (Å²) in [5.41, 5.74) is 7.26. The molecule has 0 aliphatic carbocycles. The van der Waals surface area contributed by atoms with Crippen molar-refractivity contribution < 1.29 is 34.0 Å². The van der Waals surface area contributed by atoms with Crippen LogP contribution in [0.5, 0.6) is 0 Å². The molecular formula is C15H23Br2IN4S-2. The van der Waals surface area contributed by atoms with E-state index in [0.29, 0.717) is 6.04 Å². The monoisotopic (exact) mass is 576 g/mol. The van der Waals surface area contributed by atoms with Crippen LogP contribution in [-0.4, -0.2) is 36.7 Å². The molecule has 4 N–H and O–H groups in total. The summed E-state index contributed by atoms with van der Waals surface area (Å²) in [7, 11) is 0. The van der Waals surface area contributed by atoms with Crippen LogP contribution in [0.15, 0.2) is 29.3 Å². The molecule has 1 saturated heterocycles. The Kier molecular flexibility index (Phi) is 14.3. The maximum absolute atomic E-state index is 5.94. The Balaban J connectivity index is 0.00000242. The van der Waals surface area contributed by atoms with Crippen molar-refractivity contribution in [2.24, 2.45) is 10.7 Å². The normalized spacial score (nSPS) is 17.4. The number of benzene rings is 1. The predicted molar refractivity (Wildman–Crippen MR) is 101 cm³/mol. The fraction of sp³-hybridized carbons (Fsp3) is 0.533. The topological polar surface area (TPSA) is 62.4 Å². The zero-order valence-corrected chi connectivity index (χ0v) is 19.0. The van der Waals surface area contributed by atoms with Crippen LogP contribution in [0.25, 0.3) is 0 Å². The van der Waals surface area contributed by atoms with Crippen LogP contribution in [0, 0.1) is 3.57 Å². The number of nitrogens with zero attached hydrogens (tertiary/aromatic N) is 1. The van der Waals surface area contributed by atoms with E-state index in [0.717, 1.165) is 37.1 Å². The van der Waals surface area contributed by atoms with Gasteiger partial charge in [-0.2, -0.15) is 0 Å². The van der Waals surface area contributed by atoms with Crippen molar-refractivity contribution in [3.05, 3.63) is 33.4 Å². The highest BCUT2D eigenvalue weighted by Gasteiger charge is 2.12. The van der Waals surface area contributed by atoms with E-state index < -0.39 is 0 Å². The molecule has 1 heterocycles. The van der Waals surface area contributed by atoms with E-state index in [1.165, 1.54) is 22.0 Å². The van der Waals surface area contributed by atoms with Crippen LogP contribution in [0.1, 0.15) is 18.4 Å². The zero-order chi connectivity index (χ0) is 14.9. The molecule has 1 unspecified atom stereocenters. The van der Waals surface area contributed by atoms with Crippen LogP contribution >= 0.6 is 34.4 Å². The largest absolute Gasteiger partial charge is 1.00 e. The lowest BCUT2D eigenvalue weighted by Gasteiger charge is -2.08. The number of halogens is 3. The van der Waals surface area contributed by atoms with E-state index in [9.17, 15) is 0 Å². The second-order valence-electron chi connectivity index (χ2n) is 5.12. The van der Waals surface area contributed by atoms with Crippen LogP contribution in [0.4, 0.5) is 0 Å². The molecule has 0 bridgehead atoms. The van der Waals surface area contributed by atoms with Gasteiger partial charge < -0.3 is 50.3 Å². The standard InChI is InChI=1S/C15H23IN4S.2BrH/c16-13-5-3-12(4-6-13)7-8-19-15(17)21-9-1-2-14-10-18-11-20-14;;/h3-6,14,18,20H,1-2,7-11H2,(H2,17,19);2*1H/p-2. The zero-order valence-electron chi connectivity index (χ0n) is 12.9. The van der Waals surface area contributed by atoms with E-state index in [1.807, 2.05) is 0 Å². The van der Waals surface area contributed by atoms with E-state index in [2.05, 4.69) is 62.5 Å². The van der Waals surface area contributed by atoms with Crippen LogP contribution in [-0.2, 0) is 6.42 Å². The lowest BCUT2D eigenvalue weighted by Crippen LogP contribution is -3.00.